The average molecular weight is 283 g/mol. The highest BCUT2D eigenvalue weighted by molar-refractivity contribution is 5.78. The van der Waals surface area contributed by atoms with E-state index < -0.39 is 0 Å². The maximum atomic E-state index is 12.1. The van der Waals surface area contributed by atoms with Crippen molar-refractivity contribution < 1.29 is 9.90 Å². The number of nitrogens with one attached hydrogen (secondary N) is 1. The second-order valence-electron chi connectivity index (χ2n) is 6.28. The van der Waals surface area contributed by atoms with Gasteiger partial charge in [-0.3, -0.25) is 14.6 Å². The second-order valence-corrected chi connectivity index (χ2v) is 6.28. The van der Waals surface area contributed by atoms with E-state index in [4.69, 9.17) is 5.11 Å². The van der Waals surface area contributed by atoms with Gasteiger partial charge in [0.05, 0.1) is 13.2 Å². The first-order chi connectivity index (χ1) is 9.69. The average Bonchev–Trinajstić information content (AvgIpc) is 2.44. The Bertz CT molecular complexity index is 303. The molecule has 1 aliphatic carbocycles. The van der Waals surface area contributed by atoms with Crippen molar-refractivity contribution in [3.63, 3.8) is 0 Å². The molecule has 0 unspecified atom stereocenters. The lowest BCUT2D eigenvalue weighted by Crippen LogP contribution is -2.51. The number of hydrogen-bond acceptors (Lipinski definition) is 4. The zero-order chi connectivity index (χ0) is 14.4. The molecule has 1 heterocycles. The molecule has 2 atom stereocenters. The Morgan fingerprint density at radius 3 is 2.45 bits per heavy atom. The molecule has 0 spiro atoms. The Balaban J connectivity index is 1.67. The van der Waals surface area contributed by atoms with E-state index in [0.717, 1.165) is 39.1 Å². The highest BCUT2D eigenvalue weighted by Gasteiger charge is 2.24. The third-order valence-electron chi connectivity index (χ3n) is 4.71. The van der Waals surface area contributed by atoms with Crippen molar-refractivity contribution in [3.8, 4) is 0 Å². The molecule has 1 aliphatic heterocycles. The molecule has 1 amide bonds. The lowest BCUT2D eigenvalue weighted by atomic mass is 9.86. The number of aliphatic hydroxyl groups is 1. The van der Waals surface area contributed by atoms with Gasteiger partial charge in [-0.15, -0.1) is 0 Å². The summed E-state index contributed by atoms with van der Waals surface area (Å²) in [5, 5.41) is 12.1. The number of carbonyl (C=O) groups excluding carboxylic acids is 1. The van der Waals surface area contributed by atoms with Gasteiger partial charge in [-0.1, -0.05) is 19.8 Å². The maximum Gasteiger partial charge on any atom is 0.234 e. The number of carbonyl (C=O) groups is 1. The minimum Gasteiger partial charge on any atom is -0.395 e. The molecule has 5 heteroatoms. The summed E-state index contributed by atoms with van der Waals surface area (Å²) in [7, 11) is 0. The van der Waals surface area contributed by atoms with Crippen molar-refractivity contribution >= 4 is 5.91 Å². The second kappa shape index (κ2) is 7.96. The van der Waals surface area contributed by atoms with Gasteiger partial charge in [0.25, 0.3) is 0 Å². The largest absolute Gasteiger partial charge is 0.395 e. The number of piperazine rings is 1. The Morgan fingerprint density at radius 2 is 1.80 bits per heavy atom. The van der Waals surface area contributed by atoms with Crippen LogP contribution in [-0.4, -0.2) is 72.7 Å². The van der Waals surface area contributed by atoms with E-state index in [9.17, 15) is 4.79 Å². The van der Waals surface area contributed by atoms with E-state index in [1.54, 1.807) is 0 Å². The van der Waals surface area contributed by atoms with Crippen LogP contribution in [0.4, 0.5) is 0 Å². The summed E-state index contributed by atoms with van der Waals surface area (Å²) in [5.74, 6) is 0.799. The highest BCUT2D eigenvalue weighted by Crippen LogP contribution is 2.23. The lowest BCUT2D eigenvalue weighted by molar-refractivity contribution is -0.124. The van der Waals surface area contributed by atoms with Crippen LogP contribution in [0.5, 0.6) is 0 Å². The molecular weight excluding hydrogens is 254 g/mol. The molecule has 20 heavy (non-hydrogen) atoms. The van der Waals surface area contributed by atoms with Crippen LogP contribution in [0.1, 0.15) is 32.6 Å². The topological polar surface area (TPSA) is 55.8 Å². The molecule has 0 aromatic carbocycles. The number of rotatable bonds is 5. The van der Waals surface area contributed by atoms with Crippen molar-refractivity contribution in [2.45, 2.75) is 38.6 Å². The summed E-state index contributed by atoms with van der Waals surface area (Å²) in [6.07, 6.45) is 4.93. The molecule has 0 bridgehead atoms. The number of nitrogens with zero attached hydrogens (tertiary/aromatic N) is 2. The molecule has 1 saturated heterocycles. The summed E-state index contributed by atoms with van der Waals surface area (Å²) < 4.78 is 0. The van der Waals surface area contributed by atoms with Crippen molar-refractivity contribution in [2.24, 2.45) is 5.92 Å². The monoisotopic (exact) mass is 283 g/mol. The van der Waals surface area contributed by atoms with Crippen LogP contribution in [0, 0.1) is 5.92 Å². The van der Waals surface area contributed by atoms with E-state index in [0.29, 0.717) is 18.5 Å². The molecule has 0 radical (unpaired) electrons. The van der Waals surface area contributed by atoms with E-state index >= 15 is 0 Å². The third-order valence-corrected chi connectivity index (χ3v) is 4.71. The zero-order valence-electron chi connectivity index (χ0n) is 12.7. The van der Waals surface area contributed by atoms with Gasteiger partial charge in [-0.25, -0.2) is 0 Å². The Kier molecular flexibility index (Phi) is 6.26. The molecule has 1 saturated carbocycles. The van der Waals surface area contributed by atoms with Crippen molar-refractivity contribution in [1.29, 1.82) is 0 Å². The van der Waals surface area contributed by atoms with Gasteiger partial charge in [0, 0.05) is 38.8 Å². The van der Waals surface area contributed by atoms with Crippen LogP contribution in [0.25, 0.3) is 0 Å². The minimum atomic E-state index is 0.180. The summed E-state index contributed by atoms with van der Waals surface area (Å²) in [6.45, 7) is 7.50. The van der Waals surface area contributed by atoms with Gasteiger partial charge in [0.15, 0.2) is 0 Å². The molecule has 2 fully saturated rings. The number of hydrogen-bond donors (Lipinski definition) is 2. The van der Waals surface area contributed by atoms with Gasteiger partial charge in [-0.05, 0) is 18.8 Å². The molecule has 116 valence electrons. The molecule has 2 N–H and O–H groups in total. The highest BCUT2D eigenvalue weighted by atomic mass is 16.3. The van der Waals surface area contributed by atoms with Gasteiger partial charge in [0.2, 0.25) is 5.91 Å². The van der Waals surface area contributed by atoms with Gasteiger partial charge in [0.1, 0.15) is 0 Å². The maximum absolute atomic E-state index is 12.1. The standard InChI is InChI=1S/C15H29N3O2/c1-13-4-2-3-5-14(13)16-15(20)12-18-8-6-17(7-9-18)10-11-19/h13-14,19H,2-12H2,1H3,(H,16,20)/t13-,14-/m1/s1. The first kappa shape index (κ1) is 15.7. The van der Waals surface area contributed by atoms with Crippen molar-refractivity contribution in [1.82, 2.24) is 15.1 Å². The Morgan fingerprint density at radius 1 is 1.15 bits per heavy atom. The van der Waals surface area contributed by atoms with Gasteiger partial charge >= 0.3 is 0 Å². The quantitative estimate of drug-likeness (QED) is 0.761. The Labute approximate surface area is 122 Å². The predicted octanol–water partition coefficient (Wildman–Crippen LogP) is 0.291. The van der Waals surface area contributed by atoms with Crippen LogP contribution in [-0.2, 0) is 4.79 Å². The number of amides is 1. The fourth-order valence-corrected chi connectivity index (χ4v) is 3.30. The molecular formula is C15H29N3O2. The summed E-state index contributed by atoms with van der Waals surface area (Å²) in [6, 6.07) is 0.381. The first-order valence-corrected chi connectivity index (χ1v) is 8.04. The fourth-order valence-electron chi connectivity index (χ4n) is 3.30. The SMILES string of the molecule is C[C@@H]1CCCC[C@H]1NC(=O)CN1CCN(CCO)CC1. The van der Waals surface area contributed by atoms with Crippen LogP contribution in [0.2, 0.25) is 0 Å². The smallest absolute Gasteiger partial charge is 0.234 e. The van der Waals surface area contributed by atoms with E-state index in [1.165, 1.54) is 19.3 Å². The predicted molar refractivity (Wildman–Crippen MR) is 79.5 cm³/mol. The van der Waals surface area contributed by atoms with Crippen molar-refractivity contribution in [2.75, 3.05) is 45.9 Å². The normalized spacial score (nSPS) is 29.3. The Hall–Kier alpha value is -0.650. The van der Waals surface area contributed by atoms with Gasteiger partial charge < -0.3 is 10.4 Å². The van der Waals surface area contributed by atoms with E-state index in [2.05, 4.69) is 22.0 Å². The molecule has 2 aliphatic rings. The molecule has 2 rings (SSSR count). The molecule has 0 aromatic rings. The van der Waals surface area contributed by atoms with Crippen LogP contribution < -0.4 is 5.32 Å². The minimum absolute atomic E-state index is 0.180. The van der Waals surface area contributed by atoms with Crippen molar-refractivity contribution in [3.05, 3.63) is 0 Å². The summed E-state index contributed by atoms with van der Waals surface area (Å²) in [5.41, 5.74) is 0. The lowest BCUT2D eigenvalue weighted by Gasteiger charge is -2.35. The summed E-state index contributed by atoms with van der Waals surface area (Å²) in [4.78, 5) is 16.6. The zero-order valence-corrected chi connectivity index (χ0v) is 12.7. The summed E-state index contributed by atoms with van der Waals surface area (Å²) >= 11 is 0. The van der Waals surface area contributed by atoms with E-state index in [1.807, 2.05) is 0 Å². The third kappa shape index (κ3) is 4.72. The fraction of sp³-hybridized carbons (Fsp3) is 0.933. The number of aliphatic hydroxyl groups excluding tert-OH is 1. The van der Waals surface area contributed by atoms with Gasteiger partial charge in [-0.2, -0.15) is 0 Å². The van der Waals surface area contributed by atoms with Crippen LogP contribution >= 0.6 is 0 Å². The van der Waals surface area contributed by atoms with Crippen LogP contribution in [0.15, 0.2) is 0 Å². The van der Waals surface area contributed by atoms with Crippen LogP contribution in [0.3, 0.4) is 0 Å². The first-order valence-electron chi connectivity index (χ1n) is 8.04. The molecule has 0 aromatic heterocycles. The van der Waals surface area contributed by atoms with E-state index in [-0.39, 0.29) is 12.5 Å². The molecule has 5 nitrogen and oxygen atoms in total. The number of β-amino-alcohol motifs (C(OH)–C–C–N with tert-alkyl or cyclic N) is 1.